The lowest BCUT2D eigenvalue weighted by Gasteiger charge is -2.19. The van der Waals surface area contributed by atoms with Crippen molar-refractivity contribution in [2.45, 2.75) is 13.0 Å². The van der Waals surface area contributed by atoms with Gasteiger partial charge >= 0.3 is 0 Å². The number of rotatable bonds is 4. The molecule has 0 saturated heterocycles. The Morgan fingerprint density at radius 3 is 2.56 bits per heavy atom. The SMILES string of the molecule is O=C(Nc1ccc(Cl)cc1Cl)c1ccc(CN2CCc3ccccc32)cc1. The molecule has 1 aliphatic heterocycles. The summed E-state index contributed by atoms with van der Waals surface area (Å²) in [7, 11) is 0. The summed E-state index contributed by atoms with van der Waals surface area (Å²) in [6, 6.07) is 21.2. The molecule has 0 fully saturated rings. The molecule has 3 nitrogen and oxygen atoms in total. The third-order valence-electron chi connectivity index (χ3n) is 4.75. The zero-order valence-electron chi connectivity index (χ0n) is 14.6. The third-order valence-corrected chi connectivity index (χ3v) is 5.30. The van der Waals surface area contributed by atoms with Crippen LogP contribution in [0.25, 0.3) is 0 Å². The van der Waals surface area contributed by atoms with Crippen molar-refractivity contribution in [1.29, 1.82) is 0 Å². The van der Waals surface area contributed by atoms with Crippen molar-refractivity contribution in [3.8, 4) is 0 Å². The van der Waals surface area contributed by atoms with Gasteiger partial charge in [-0.25, -0.2) is 0 Å². The van der Waals surface area contributed by atoms with Crippen molar-refractivity contribution < 1.29 is 4.79 Å². The van der Waals surface area contributed by atoms with E-state index in [2.05, 4.69) is 34.5 Å². The van der Waals surface area contributed by atoms with Gasteiger partial charge in [0.2, 0.25) is 0 Å². The van der Waals surface area contributed by atoms with Gasteiger partial charge < -0.3 is 10.2 Å². The highest BCUT2D eigenvalue weighted by Gasteiger charge is 2.18. The predicted molar refractivity (Wildman–Crippen MR) is 112 cm³/mol. The molecule has 1 N–H and O–H groups in total. The lowest BCUT2D eigenvalue weighted by molar-refractivity contribution is 0.102. The molecule has 3 aromatic rings. The maximum Gasteiger partial charge on any atom is 0.255 e. The lowest BCUT2D eigenvalue weighted by atomic mass is 10.1. The smallest absolute Gasteiger partial charge is 0.255 e. The number of anilines is 2. The molecule has 1 amide bonds. The topological polar surface area (TPSA) is 32.3 Å². The second-order valence-corrected chi connectivity index (χ2v) is 7.42. The molecule has 0 aromatic heterocycles. The average molecular weight is 397 g/mol. The summed E-state index contributed by atoms with van der Waals surface area (Å²) in [5.74, 6) is -0.197. The van der Waals surface area contributed by atoms with E-state index in [4.69, 9.17) is 23.2 Å². The molecular weight excluding hydrogens is 379 g/mol. The maximum atomic E-state index is 12.5. The molecule has 1 heterocycles. The molecule has 1 aliphatic rings. The Bertz CT molecular complexity index is 986. The monoisotopic (exact) mass is 396 g/mol. The number of hydrogen-bond donors (Lipinski definition) is 1. The highest BCUT2D eigenvalue weighted by molar-refractivity contribution is 6.36. The first-order valence-electron chi connectivity index (χ1n) is 8.78. The molecule has 0 atom stereocenters. The number of nitrogens with one attached hydrogen (secondary N) is 1. The van der Waals surface area contributed by atoms with Crippen molar-refractivity contribution in [3.05, 3.63) is 93.5 Å². The highest BCUT2D eigenvalue weighted by Crippen LogP contribution is 2.29. The number of carbonyl (C=O) groups is 1. The first-order chi connectivity index (χ1) is 13.1. The minimum atomic E-state index is -0.197. The van der Waals surface area contributed by atoms with E-state index in [0.29, 0.717) is 21.3 Å². The van der Waals surface area contributed by atoms with Crippen LogP contribution in [0.4, 0.5) is 11.4 Å². The van der Waals surface area contributed by atoms with Gasteiger partial charge in [0, 0.05) is 29.4 Å². The molecule has 3 aromatic carbocycles. The molecule has 27 heavy (non-hydrogen) atoms. The summed E-state index contributed by atoms with van der Waals surface area (Å²) in [4.78, 5) is 14.8. The van der Waals surface area contributed by atoms with Crippen molar-refractivity contribution in [2.75, 3.05) is 16.8 Å². The van der Waals surface area contributed by atoms with Crippen LogP contribution in [-0.4, -0.2) is 12.5 Å². The van der Waals surface area contributed by atoms with Gasteiger partial charge in [0.1, 0.15) is 0 Å². The summed E-state index contributed by atoms with van der Waals surface area (Å²) in [5.41, 5.74) is 5.01. The Kier molecular flexibility index (Phi) is 5.06. The number of halogens is 2. The summed E-state index contributed by atoms with van der Waals surface area (Å²) >= 11 is 12.0. The Balaban J connectivity index is 1.44. The number of para-hydroxylation sites is 1. The fourth-order valence-electron chi connectivity index (χ4n) is 3.34. The molecule has 0 spiro atoms. The van der Waals surface area contributed by atoms with Crippen LogP contribution in [0, 0.1) is 0 Å². The first kappa shape index (κ1) is 17.9. The molecule has 5 heteroatoms. The van der Waals surface area contributed by atoms with Gasteiger partial charge in [-0.15, -0.1) is 0 Å². The van der Waals surface area contributed by atoms with Crippen LogP contribution in [-0.2, 0) is 13.0 Å². The zero-order chi connectivity index (χ0) is 18.8. The van der Waals surface area contributed by atoms with E-state index in [-0.39, 0.29) is 5.91 Å². The van der Waals surface area contributed by atoms with Gasteiger partial charge in [-0.05, 0) is 53.9 Å². The number of nitrogens with zero attached hydrogens (tertiary/aromatic N) is 1. The fourth-order valence-corrected chi connectivity index (χ4v) is 3.79. The molecule has 0 aliphatic carbocycles. The molecule has 4 rings (SSSR count). The average Bonchev–Trinajstić information content (AvgIpc) is 3.08. The van der Waals surface area contributed by atoms with Gasteiger partial charge in [0.15, 0.2) is 0 Å². The van der Waals surface area contributed by atoms with Crippen molar-refractivity contribution in [3.63, 3.8) is 0 Å². The second-order valence-electron chi connectivity index (χ2n) is 6.58. The summed E-state index contributed by atoms with van der Waals surface area (Å²) in [6.45, 7) is 1.86. The normalized spacial score (nSPS) is 12.7. The quantitative estimate of drug-likeness (QED) is 0.603. The van der Waals surface area contributed by atoms with Crippen LogP contribution >= 0.6 is 23.2 Å². The highest BCUT2D eigenvalue weighted by atomic mass is 35.5. The molecule has 0 unspecified atom stereocenters. The standard InChI is InChI=1S/C22H18Cl2N2O/c23-18-9-10-20(19(24)13-18)25-22(27)17-7-5-15(6-8-17)14-26-12-11-16-3-1-2-4-21(16)26/h1-10,13H,11-12,14H2,(H,25,27). The lowest BCUT2D eigenvalue weighted by Crippen LogP contribution is -2.19. The van der Waals surface area contributed by atoms with Crippen LogP contribution in [0.15, 0.2) is 66.7 Å². The first-order valence-corrected chi connectivity index (χ1v) is 9.54. The largest absolute Gasteiger partial charge is 0.367 e. The van der Waals surface area contributed by atoms with E-state index in [0.717, 1.165) is 19.5 Å². The van der Waals surface area contributed by atoms with Gasteiger partial charge in [0.25, 0.3) is 5.91 Å². The predicted octanol–water partition coefficient (Wildman–Crippen LogP) is 5.81. The van der Waals surface area contributed by atoms with Crippen molar-refractivity contribution in [2.24, 2.45) is 0 Å². The van der Waals surface area contributed by atoms with E-state index < -0.39 is 0 Å². The summed E-state index contributed by atoms with van der Waals surface area (Å²) < 4.78 is 0. The van der Waals surface area contributed by atoms with E-state index in [9.17, 15) is 4.79 Å². The second kappa shape index (κ2) is 7.63. The number of benzene rings is 3. The Labute approximate surface area is 168 Å². The number of carbonyl (C=O) groups excluding carboxylic acids is 1. The van der Waals surface area contributed by atoms with E-state index in [1.165, 1.54) is 16.8 Å². The minimum Gasteiger partial charge on any atom is -0.367 e. The van der Waals surface area contributed by atoms with E-state index in [1.807, 2.05) is 24.3 Å². The Morgan fingerprint density at radius 2 is 1.78 bits per heavy atom. The zero-order valence-corrected chi connectivity index (χ0v) is 16.1. The molecule has 0 bridgehead atoms. The third kappa shape index (κ3) is 3.95. The Morgan fingerprint density at radius 1 is 1.00 bits per heavy atom. The van der Waals surface area contributed by atoms with E-state index in [1.54, 1.807) is 18.2 Å². The van der Waals surface area contributed by atoms with Crippen LogP contribution in [0.3, 0.4) is 0 Å². The van der Waals surface area contributed by atoms with Crippen LogP contribution in [0.5, 0.6) is 0 Å². The van der Waals surface area contributed by atoms with Gasteiger partial charge in [0.05, 0.1) is 10.7 Å². The molecule has 136 valence electrons. The summed E-state index contributed by atoms with van der Waals surface area (Å²) in [6.07, 6.45) is 1.08. The van der Waals surface area contributed by atoms with Crippen LogP contribution in [0.1, 0.15) is 21.5 Å². The fraction of sp³-hybridized carbons (Fsp3) is 0.136. The summed E-state index contributed by atoms with van der Waals surface area (Å²) in [5, 5.41) is 3.77. The molecular formula is C22H18Cl2N2O. The van der Waals surface area contributed by atoms with Crippen molar-refractivity contribution >= 4 is 40.5 Å². The Hall–Kier alpha value is -2.49. The van der Waals surface area contributed by atoms with Gasteiger partial charge in [-0.2, -0.15) is 0 Å². The van der Waals surface area contributed by atoms with Crippen LogP contribution < -0.4 is 10.2 Å². The van der Waals surface area contributed by atoms with Crippen LogP contribution in [0.2, 0.25) is 10.0 Å². The van der Waals surface area contributed by atoms with Gasteiger partial charge in [-0.1, -0.05) is 53.5 Å². The van der Waals surface area contributed by atoms with Crippen molar-refractivity contribution in [1.82, 2.24) is 0 Å². The molecule has 0 radical (unpaired) electrons. The maximum absolute atomic E-state index is 12.5. The van der Waals surface area contributed by atoms with E-state index >= 15 is 0 Å². The number of fused-ring (bicyclic) bond motifs is 1. The molecule has 0 saturated carbocycles. The number of hydrogen-bond acceptors (Lipinski definition) is 2. The minimum absolute atomic E-state index is 0.197. The number of amides is 1. The van der Waals surface area contributed by atoms with Gasteiger partial charge in [-0.3, -0.25) is 4.79 Å².